The molecule has 1 amide bonds. The first-order valence-electron chi connectivity index (χ1n) is 8.09. The molecule has 0 bridgehead atoms. The highest BCUT2D eigenvalue weighted by Gasteiger charge is 2.33. The van der Waals surface area contributed by atoms with E-state index in [-0.39, 0.29) is 5.91 Å². The van der Waals surface area contributed by atoms with Crippen LogP contribution in [0.25, 0.3) is 11.1 Å². The van der Waals surface area contributed by atoms with Crippen molar-refractivity contribution in [2.24, 2.45) is 5.16 Å². The predicted octanol–water partition coefficient (Wildman–Crippen LogP) is 3.40. The molecule has 1 heterocycles. The van der Waals surface area contributed by atoms with Crippen LogP contribution in [0.1, 0.15) is 22.3 Å². The van der Waals surface area contributed by atoms with Gasteiger partial charge in [0.1, 0.15) is 13.2 Å². The molecular weight excluding hydrogens is 314 g/mol. The highest BCUT2D eigenvalue weighted by molar-refractivity contribution is 6.01. The lowest BCUT2D eigenvalue weighted by Gasteiger charge is -2.19. The van der Waals surface area contributed by atoms with Crippen LogP contribution in [0, 0.1) is 18.3 Å². The second kappa shape index (κ2) is 7.18. The van der Waals surface area contributed by atoms with Gasteiger partial charge in [-0.05, 0) is 35.7 Å². The number of aryl methyl sites for hydroxylation is 1. The summed E-state index contributed by atoms with van der Waals surface area (Å²) in [6.07, 6.45) is 0.428. The number of nitriles is 1. The van der Waals surface area contributed by atoms with Gasteiger partial charge in [0.05, 0.1) is 18.3 Å². The third kappa shape index (κ3) is 3.38. The summed E-state index contributed by atoms with van der Waals surface area (Å²) in [4.78, 5) is 19.1. The normalized spacial score (nSPS) is 18.2. The zero-order valence-corrected chi connectivity index (χ0v) is 14.3. The lowest BCUT2D eigenvalue weighted by Crippen LogP contribution is -2.34. The van der Waals surface area contributed by atoms with E-state index >= 15 is 0 Å². The van der Waals surface area contributed by atoms with E-state index in [9.17, 15) is 10.1 Å². The van der Waals surface area contributed by atoms with Crippen LogP contribution in [-0.2, 0) is 4.84 Å². The molecule has 5 nitrogen and oxygen atoms in total. The Balaban J connectivity index is 1.83. The second-order valence-corrected chi connectivity index (χ2v) is 6.01. The fourth-order valence-corrected chi connectivity index (χ4v) is 3.08. The fourth-order valence-electron chi connectivity index (χ4n) is 3.08. The Kier molecular flexibility index (Phi) is 4.80. The van der Waals surface area contributed by atoms with Crippen LogP contribution in [0.2, 0.25) is 0 Å². The van der Waals surface area contributed by atoms with Crippen LogP contribution in [0.15, 0.2) is 53.7 Å². The van der Waals surface area contributed by atoms with E-state index in [2.05, 4.69) is 30.3 Å². The van der Waals surface area contributed by atoms with Crippen LogP contribution in [0.4, 0.5) is 0 Å². The van der Waals surface area contributed by atoms with Crippen LogP contribution in [0.5, 0.6) is 0 Å². The van der Waals surface area contributed by atoms with Crippen molar-refractivity contribution < 1.29 is 9.63 Å². The molecule has 126 valence electrons. The minimum absolute atomic E-state index is 0.163. The zero-order chi connectivity index (χ0) is 17.8. The van der Waals surface area contributed by atoms with E-state index in [1.54, 1.807) is 4.90 Å². The summed E-state index contributed by atoms with van der Waals surface area (Å²) in [5.74, 6) is -0.163. The summed E-state index contributed by atoms with van der Waals surface area (Å²) in [7, 11) is 1.46. The number of hydrogen-bond acceptors (Lipinski definition) is 4. The quantitative estimate of drug-likeness (QED) is 0.809. The molecule has 1 aliphatic rings. The molecule has 2 aromatic rings. The average molecular weight is 333 g/mol. The van der Waals surface area contributed by atoms with Gasteiger partial charge in [-0.2, -0.15) is 5.26 Å². The van der Waals surface area contributed by atoms with Gasteiger partial charge in [0.25, 0.3) is 5.91 Å². The van der Waals surface area contributed by atoms with Crippen molar-refractivity contribution >= 4 is 11.6 Å². The molecule has 3 rings (SSSR count). The largest absolute Gasteiger partial charge is 0.399 e. The van der Waals surface area contributed by atoms with E-state index < -0.39 is 6.04 Å². The molecule has 1 aliphatic heterocycles. The Morgan fingerprint density at radius 2 is 1.96 bits per heavy atom. The maximum absolute atomic E-state index is 12.8. The van der Waals surface area contributed by atoms with E-state index in [0.717, 1.165) is 11.1 Å². The fraction of sp³-hybridized carbons (Fsp3) is 0.250. The Bertz CT molecular complexity index is 850. The van der Waals surface area contributed by atoms with Crippen molar-refractivity contribution in [1.82, 2.24) is 4.90 Å². The molecule has 0 saturated carbocycles. The molecule has 0 spiro atoms. The Labute approximate surface area is 147 Å². The van der Waals surface area contributed by atoms with Gasteiger partial charge in [-0.3, -0.25) is 4.79 Å². The van der Waals surface area contributed by atoms with E-state index in [4.69, 9.17) is 4.84 Å². The molecule has 0 N–H and O–H groups in total. The molecule has 25 heavy (non-hydrogen) atoms. The maximum atomic E-state index is 12.8. The first-order valence-corrected chi connectivity index (χ1v) is 8.09. The Morgan fingerprint density at radius 1 is 1.24 bits per heavy atom. The first kappa shape index (κ1) is 16.7. The monoisotopic (exact) mass is 333 g/mol. The number of amides is 1. The maximum Gasteiger partial charge on any atom is 0.255 e. The Morgan fingerprint density at radius 3 is 2.60 bits per heavy atom. The summed E-state index contributed by atoms with van der Waals surface area (Å²) < 4.78 is 0. The summed E-state index contributed by atoms with van der Waals surface area (Å²) in [5.41, 5.74) is 4.67. The smallest absolute Gasteiger partial charge is 0.255 e. The van der Waals surface area contributed by atoms with Crippen LogP contribution in [0.3, 0.4) is 0 Å². The molecule has 0 aliphatic carbocycles. The minimum Gasteiger partial charge on any atom is -0.399 e. The summed E-state index contributed by atoms with van der Waals surface area (Å²) in [6.45, 7) is 2.39. The third-order valence-electron chi connectivity index (χ3n) is 4.38. The molecule has 1 unspecified atom stereocenters. The van der Waals surface area contributed by atoms with Crippen molar-refractivity contribution in [3.05, 3.63) is 59.7 Å². The van der Waals surface area contributed by atoms with Crippen molar-refractivity contribution in [3.63, 3.8) is 0 Å². The first-order chi connectivity index (χ1) is 12.1. The van der Waals surface area contributed by atoms with Gasteiger partial charge in [-0.15, -0.1) is 0 Å². The predicted molar refractivity (Wildman–Crippen MR) is 96.1 cm³/mol. The number of hydrogen-bond donors (Lipinski definition) is 0. The van der Waals surface area contributed by atoms with E-state index in [1.165, 1.54) is 12.7 Å². The van der Waals surface area contributed by atoms with Gasteiger partial charge in [-0.25, -0.2) is 0 Å². The molecule has 5 heteroatoms. The summed E-state index contributed by atoms with van der Waals surface area (Å²) >= 11 is 0. The Hall–Kier alpha value is -3.13. The molecule has 0 radical (unpaired) electrons. The topological polar surface area (TPSA) is 65.7 Å². The number of likely N-dealkylation sites (tertiary alicyclic amines) is 1. The van der Waals surface area contributed by atoms with Gasteiger partial charge in [0, 0.05) is 12.0 Å². The number of benzene rings is 2. The standard InChI is InChI=1S/C20H19N3O2/c1-14-5-3-4-6-19(14)15-7-9-16(10-8-15)20(24)23-13-17(22-25-2)11-18(23)12-21/h3-10,18H,11,13H2,1-2H3. The van der Waals surface area contributed by atoms with Gasteiger partial charge >= 0.3 is 0 Å². The van der Waals surface area contributed by atoms with Gasteiger partial charge in [0.15, 0.2) is 0 Å². The highest BCUT2D eigenvalue weighted by atomic mass is 16.6. The number of rotatable bonds is 3. The highest BCUT2D eigenvalue weighted by Crippen LogP contribution is 2.25. The van der Waals surface area contributed by atoms with Crippen LogP contribution >= 0.6 is 0 Å². The van der Waals surface area contributed by atoms with Crippen molar-refractivity contribution in [2.75, 3.05) is 13.7 Å². The number of carbonyl (C=O) groups is 1. The molecular formula is C20H19N3O2. The minimum atomic E-state index is -0.502. The van der Waals surface area contributed by atoms with Gasteiger partial charge in [0.2, 0.25) is 0 Å². The molecule has 0 aromatic heterocycles. The van der Waals surface area contributed by atoms with E-state index in [1.807, 2.05) is 36.4 Å². The second-order valence-electron chi connectivity index (χ2n) is 6.01. The summed E-state index contributed by atoms with van der Waals surface area (Å²) in [6, 6.07) is 17.3. The number of nitrogens with zero attached hydrogens (tertiary/aromatic N) is 3. The van der Waals surface area contributed by atoms with Crippen molar-refractivity contribution in [3.8, 4) is 17.2 Å². The van der Waals surface area contributed by atoms with Crippen molar-refractivity contribution in [2.45, 2.75) is 19.4 Å². The zero-order valence-electron chi connectivity index (χ0n) is 14.3. The van der Waals surface area contributed by atoms with Gasteiger partial charge in [-0.1, -0.05) is 41.6 Å². The molecule has 1 fully saturated rings. The molecule has 1 atom stereocenters. The average Bonchev–Trinajstić information content (AvgIpc) is 3.05. The lowest BCUT2D eigenvalue weighted by molar-refractivity contribution is 0.0769. The van der Waals surface area contributed by atoms with Crippen LogP contribution < -0.4 is 0 Å². The third-order valence-corrected chi connectivity index (χ3v) is 4.38. The van der Waals surface area contributed by atoms with Gasteiger partial charge < -0.3 is 9.74 Å². The van der Waals surface area contributed by atoms with Crippen molar-refractivity contribution in [1.29, 1.82) is 5.26 Å². The SMILES string of the molecule is CON=C1CC(C#N)N(C(=O)c2ccc(-c3ccccc3C)cc2)C1. The molecule has 1 saturated heterocycles. The lowest BCUT2D eigenvalue weighted by atomic mass is 9.99. The number of oxime groups is 1. The summed E-state index contributed by atoms with van der Waals surface area (Å²) in [5, 5.41) is 13.2. The van der Waals surface area contributed by atoms with Crippen LogP contribution in [-0.4, -0.2) is 36.2 Å². The van der Waals surface area contributed by atoms with E-state index in [0.29, 0.717) is 24.2 Å². The number of carbonyl (C=O) groups excluding carboxylic acids is 1. The molecule has 2 aromatic carbocycles.